The Morgan fingerprint density at radius 1 is 1.40 bits per heavy atom. The van der Waals surface area contributed by atoms with Crippen molar-refractivity contribution < 1.29 is 14.3 Å². The first-order chi connectivity index (χ1) is 9.48. The number of benzene rings is 1. The van der Waals surface area contributed by atoms with Gasteiger partial charge in [0, 0.05) is 13.1 Å². The fraction of sp³-hybridized carbons (Fsp3) is 0.500. The Bertz CT molecular complexity index is 492. The van der Waals surface area contributed by atoms with Gasteiger partial charge in [0.1, 0.15) is 5.82 Å². The van der Waals surface area contributed by atoms with Crippen molar-refractivity contribution in [1.29, 1.82) is 0 Å². The molecule has 6 heteroatoms. The lowest BCUT2D eigenvalue weighted by molar-refractivity contribution is -0.0290. The number of rotatable bonds is 5. The molecular weight excluding hydrogens is 327 g/mol. The van der Waals surface area contributed by atoms with Crippen molar-refractivity contribution in [2.24, 2.45) is 0 Å². The van der Waals surface area contributed by atoms with Crippen molar-refractivity contribution in [3.63, 3.8) is 0 Å². The second-order valence-corrected chi connectivity index (χ2v) is 6.04. The van der Waals surface area contributed by atoms with E-state index in [1.54, 1.807) is 12.1 Å². The Labute approximate surface area is 125 Å². The Hall–Kier alpha value is -1.14. The van der Waals surface area contributed by atoms with E-state index >= 15 is 0 Å². The van der Waals surface area contributed by atoms with Gasteiger partial charge in [0.2, 0.25) is 0 Å². The van der Waals surface area contributed by atoms with Gasteiger partial charge in [-0.2, -0.15) is 0 Å². The fourth-order valence-electron chi connectivity index (χ4n) is 2.08. The van der Waals surface area contributed by atoms with E-state index in [1.807, 2.05) is 0 Å². The SMILES string of the molecule is O=C(NCCc1ccc(F)c(Br)c1)NCC1(O)CCC1. The van der Waals surface area contributed by atoms with E-state index in [0.29, 0.717) is 24.0 Å². The van der Waals surface area contributed by atoms with E-state index in [-0.39, 0.29) is 11.8 Å². The largest absolute Gasteiger partial charge is 0.388 e. The van der Waals surface area contributed by atoms with Gasteiger partial charge in [-0.05, 0) is 59.3 Å². The molecule has 4 nitrogen and oxygen atoms in total. The van der Waals surface area contributed by atoms with Crippen LogP contribution in [0.3, 0.4) is 0 Å². The van der Waals surface area contributed by atoms with Gasteiger partial charge >= 0.3 is 6.03 Å². The molecule has 110 valence electrons. The summed E-state index contributed by atoms with van der Waals surface area (Å²) in [6, 6.07) is 4.50. The van der Waals surface area contributed by atoms with Gasteiger partial charge in [0.15, 0.2) is 0 Å². The maximum absolute atomic E-state index is 13.1. The molecule has 0 radical (unpaired) electrons. The molecule has 0 heterocycles. The first-order valence-corrected chi connectivity index (χ1v) is 7.46. The molecule has 0 atom stereocenters. The van der Waals surface area contributed by atoms with Crippen LogP contribution in [-0.4, -0.2) is 29.8 Å². The summed E-state index contributed by atoms with van der Waals surface area (Å²) in [5.74, 6) is -0.298. The number of carbonyl (C=O) groups is 1. The van der Waals surface area contributed by atoms with Crippen LogP contribution >= 0.6 is 15.9 Å². The van der Waals surface area contributed by atoms with E-state index in [1.165, 1.54) is 6.07 Å². The first-order valence-electron chi connectivity index (χ1n) is 6.67. The average Bonchev–Trinajstić information content (AvgIpc) is 2.38. The van der Waals surface area contributed by atoms with Crippen molar-refractivity contribution in [2.45, 2.75) is 31.3 Å². The predicted molar refractivity (Wildman–Crippen MR) is 78.0 cm³/mol. The molecule has 1 aliphatic rings. The summed E-state index contributed by atoms with van der Waals surface area (Å²) in [6.45, 7) is 0.753. The van der Waals surface area contributed by atoms with Crippen LogP contribution in [0.1, 0.15) is 24.8 Å². The van der Waals surface area contributed by atoms with Gasteiger partial charge in [-0.3, -0.25) is 0 Å². The molecule has 0 aliphatic heterocycles. The summed E-state index contributed by atoms with van der Waals surface area (Å²) >= 11 is 3.13. The topological polar surface area (TPSA) is 61.4 Å². The molecule has 0 bridgehead atoms. The van der Waals surface area contributed by atoms with Crippen LogP contribution < -0.4 is 10.6 Å². The second-order valence-electron chi connectivity index (χ2n) is 5.19. The van der Waals surface area contributed by atoms with Crippen LogP contribution in [0.5, 0.6) is 0 Å². The van der Waals surface area contributed by atoms with Crippen LogP contribution in [-0.2, 0) is 6.42 Å². The normalized spacial score (nSPS) is 16.4. The molecule has 2 rings (SSSR count). The lowest BCUT2D eigenvalue weighted by Crippen LogP contribution is -2.50. The summed E-state index contributed by atoms with van der Waals surface area (Å²) in [7, 11) is 0. The van der Waals surface area contributed by atoms with Gasteiger partial charge in [-0.1, -0.05) is 6.07 Å². The van der Waals surface area contributed by atoms with Crippen LogP contribution in [0.2, 0.25) is 0 Å². The predicted octanol–water partition coefficient (Wildman–Crippen LogP) is 2.34. The highest BCUT2D eigenvalue weighted by Gasteiger charge is 2.34. The highest BCUT2D eigenvalue weighted by atomic mass is 79.9. The number of urea groups is 1. The van der Waals surface area contributed by atoms with E-state index in [0.717, 1.165) is 24.8 Å². The average molecular weight is 345 g/mol. The molecular formula is C14H18BrFN2O2. The maximum Gasteiger partial charge on any atom is 0.314 e. The Morgan fingerprint density at radius 2 is 2.15 bits per heavy atom. The van der Waals surface area contributed by atoms with Crippen molar-refractivity contribution in [1.82, 2.24) is 10.6 Å². The van der Waals surface area contributed by atoms with Gasteiger partial charge in [-0.25, -0.2) is 9.18 Å². The quantitative estimate of drug-likeness (QED) is 0.767. The molecule has 1 fully saturated rings. The smallest absolute Gasteiger partial charge is 0.314 e. The van der Waals surface area contributed by atoms with E-state index < -0.39 is 5.60 Å². The highest BCUT2D eigenvalue weighted by molar-refractivity contribution is 9.10. The molecule has 0 aromatic heterocycles. The minimum Gasteiger partial charge on any atom is -0.388 e. The molecule has 3 N–H and O–H groups in total. The zero-order chi connectivity index (χ0) is 14.6. The van der Waals surface area contributed by atoms with Gasteiger partial charge in [0.05, 0.1) is 10.1 Å². The number of amides is 2. The molecule has 1 saturated carbocycles. The van der Waals surface area contributed by atoms with Crippen molar-refractivity contribution in [3.8, 4) is 0 Å². The lowest BCUT2D eigenvalue weighted by atomic mass is 9.80. The van der Waals surface area contributed by atoms with Crippen LogP contribution in [0.15, 0.2) is 22.7 Å². The van der Waals surface area contributed by atoms with Crippen molar-refractivity contribution in [3.05, 3.63) is 34.1 Å². The molecule has 1 aromatic carbocycles. The van der Waals surface area contributed by atoms with Gasteiger partial charge in [0.25, 0.3) is 0 Å². The third kappa shape index (κ3) is 4.18. The summed E-state index contributed by atoms with van der Waals surface area (Å²) < 4.78 is 13.5. The third-order valence-corrected chi connectivity index (χ3v) is 4.15. The zero-order valence-corrected chi connectivity index (χ0v) is 12.7. The Morgan fingerprint density at radius 3 is 2.75 bits per heavy atom. The summed E-state index contributed by atoms with van der Waals surface area (Å²) in [4.78, 5) is 11.5. The number of hydrogen-bond acceptors (Lipinski definition) is 2. The van der Waals surface area contributed by atoms with Gasteiger partial charge < -0.3 is 15.7 Å². The minimum atomic E-state index is -0.709. The van der Waals surface area contributed by atoms with Crippen molar-refractivity contribution >= 4 is 22.0 Å². The number of carbonyl (C=O) groups excluding carboxylic acids is 1. The van der Waals surface area contributed by atoms with E-state index in [4.69, 9.17) is 0 Å². The van der Waals surface area contributed by atoms with Gasteiger partial charge in [-0.15, -0.1) is 0 Å². The Kier molecular flexibility index (Phi) is 4.99. The molecule has 0 saturated heterocycles. The molecule has 0 spiro atoms. The third-order valence-electron chi connectivity index (χ3n) is 3.55. The summed E-state index contributed by atoms with van der Waals surface area (Å²) in [6.07, 6.45) is 3.13. The molecule has 1 aliphatic carbocycles. The number of hydrogen-bond donors (Lipinski definition) is 3. The van der Waals surface area contributed by atoms with E-state index in [9.17, 15) is 14.3 Å². The number of halogens is 2. The molecule has 2 amide bonds. The number of nitrogens with one attached hydrogen (secondary N) is 2. The highest BCUT2D eigenvalue weighted by Crippen LogP contribution is 2.30. The maximum atomic E-state index is 13.1. The Balaban J connectivity index is 1.67. The summed E-state index contributed by atoms with van der Waals surface area (Å²) in [5.41, 5.74) is 0.232. The fourth-order valence-corrected chi connectivity index (χ4v) is 2.51. The van der Waals surface area contributed by atoms with Crippen molar-refractivity contribution in [2.75, 3.05) is 13.1 Å². The minimum absolute atomic E-state index is 0.286. The van der Waals surface area contributed by atoms with E-state index in [2.05, 4.69) is 26.6 Å². The lowest BCUT2D eigenvalue weighted by Gasteiger charge is -2.36. The monoisotopic (exact) mass is 344 g/mol. The summed E-state index contributed by atoms with van der Waals surface area (Å²) in [5, 5.41) is 15.2. The standard InChI is InChI=1S/C14H18BrFN2O2/c15-11-8-10(2-3-12(11)16)4-7-17-13(19)18-9-14(20)5-1-6-14/h2-3,8,20H,1,4-7,9H2,(H2,17,18,19). The van der Waals surface area contributed by atoms with Crippen LogP contribution in [0, 0.1) is 5.82 Å². The molecule has 1 aromatic rings. The van der Waals surface area contributed by atoms with Crippen LogP contribution in [0.4, 0.5) is 9.18 Å². The van der Waals surface area contributed by atoms with Crippen LogP contribution in [0.25, 0.3) is 0 Å². The number of aliphatic hydroxyl groups is 1. The molecule has 20 heavy (non-hydrogen) atoms. The molecule has 0 unspecified atom stereocenters. The zero-order valence-electron chi connectivity index (χ0n) is 11.1. The first kappa shape index (κ1) is 15.3. The second kappa shape index (κ2) is 6.54.